The molecule has 0 amide bonds. The quantitative estimate of drug-likeness (QED) is 0.591. The Kier molecular flexibility index (Phi) is 5.05. The molecule has 0 saturated heterocycles. The molecule has 0 unspecified atom stereocenters. The summed E-state index contributed by atoms with van der Waals surface area (Å²) >= 11 is 24.5. The Hall–Kier alpha value is -0.640. The first-order valence-corrected chi connectivity index (χ1v) is 7.21. The van der Waals surface area contributed by atoms with E-state index in [2.05, 4.69) is 0 Å². The minimum Gasteiger partial charge on any atom is -0.497 e. The molecule has 0 heterocycles. The molecule has 0 atom stereocenters. The van der Waals surface area contributed by atoms with Crippen molar-refractivity contribution in [2.24, 2.45) is 5.73 Å². The number of benzene rings is 2. The molecule has 2 rings (SSSR count). The Morgan fingerprint density at radius 3 is 2.30 bits per heavy atom. The van der Waals surface area contributed by atoms with Crippen molar-refractivity contribution in [3.05, 3.63) is 49.9 Å². The number of nitrogens with two attached hydrogens (primary N) is 1. The first kappa shape index (κ1) is 15.7. The number of ether oxygens (including phenoxy) is 1. The van der Waals surface area contributed by atoms with Crippen molar-refractivity contribution in [1.29, 1.82) is 0 Å². The Morgan fingerprint density at radius 1 is 1.00 bits per heavy atom. The molecule has 2 aromatic carbocycles. The van der Waals surface area contributed by atoms with E-state index in [-0.39, 0.29) is 5.02 Å². The monoisotopic (exact) mass is 349 g/mol. The normalized spacial score (nSPS) is 10.7. The molecule has 0 aromatic heterocycles. The van der Waals surface area contributed by atoms with Gasteiger partial charge in [0.2, 0.25) is 0 Å². The lowest BCUT2D eigenvalue weighted by molar-refractivity contribution is 0.414. The van der Waals surface area contributed by atoms with Gasteiger partial charge in [-0.15, -0.1) is 0 Å². The van der Waals surface area contributed by atoms with Crippen LogP contribution in [0.15, 0.2) is 24.3 Å². The summed E-state index contributed by atoms with van der Waals surface area (Å²) < 4.78 is 5.18. The Labute approximate surface area is 137 Å². The third-order valence-electron chi connectivity index (χ3n) is 2.92. The number of hydrogen-bond donors (Lipinski definition) is 1. The molecule has 0 bridgehead atoms. The lowest BCUT2D eigenvalue weighted by Crippen LogP contribution is -2.00. The highest BCUT2D eigenvalue weighted by atomic mass is 35.5. The second-order valence-corrected chi connectivity index (χ2v) is 5.64. The zero-order valence-electron chi connectivity index (χ0n) is 10.5. The lowest BCUT2D eigenvalue weighted by atomic mass is 9.99. The van der Waals surface area contributed by atoms with Gasteiger partial charge in [-0.3, -0.25) is 0 Å². The fourth-order valence-electron chi connectivity index (χ4n) is 1.92. The summed E-state index contributed by atoms with van der Waals surface area (Å²) in [6, 6.07) is 7.06. The average molecular weight is 351 g/mol. The van der Waals surface area contributed by atoms with Crippen LogP contribution >= 0.6 is 46.4 Å². The first-order valence-electron chi connectivity index (χ1n) is 5.70. The van der Waals surface area contributed by atoms with Crippen LogP contribution in [0.1, 0.15) is 5.56 Å². The summed E-state index contributed by atoms with van der Waals surface area (Å²) in [4.78, 5) is 0. The van der Waals surface area contributed by atoms with Crippen LogP contribution in [0.2, 0.25) is 20.1 Å². The van der Waals surface area contributed by atoms with Crippen molar-refractivity contribution >= 4 is 46.4 Å². The van der Waals surface area contributed by atoms with Gasteiger partial charge in [-0.25, -0.2) is 0 Å². The first-order chi connectivity index (χ1) is 9.49. The molecule has 2 N–H and O–H groups in total. The standard InChI is InChI=1S/C14H11Cl4NO/c1-20-8-2-3-9(7(4-8)6-19)12-10(15)5-11(16)13(17)14(12)18/h2-5H,6,19H2,1H3. The van der Waals surface area contributed by atoms with E-state index in [1.807, 2.05) is 18.2 Å². The molecule has 2 nitrogen and oxygen atoms in total. The molecule has 0 spiro atoms. The van der Waals surface area contributed by atoms with E-state index >= 15 is 0 Å². The second-order valence-electron chi connectivity index (χ2n) is 4.07. The molecule has 0 fully saturated rings. The van der Waals surface area contributed by atoms with Crippen LogP contribution in [0.4, 0.5) is 0 Å². The molecule has 106 valence electrons. The van der Waals surface area contributed by atoms with E-state index in [9.17, 15) is 0 Å². The molecule has 20 heavy (non-hydrogen) atoms. The van der Waals surface area contributed by atoms with E-state index in [4.69, 9.17) is 56.9 Å². The number of rotatable bonds is 3. The predicted molar refractivity (Wildman–Crippen MR) is 86.4 cm³/mol. The van der Waals surface area contributed by atoms with E-state index in [1.165, 1.54) is 0 Å². The second kappa shape index (κ2) is 6.42. The van der Waals surface area contributed by atoms with Crippen molar-refractivity contribution in [3.8, 4) is 16.9 Å². The van der Waals surface area contributed by atoms with Crippen LogP contribution in [0.25, 0.3) is 11.1 Å². The third-order valence-corrected chi connectivity index (χ3v) is 4.48. The molecule has 0 aliphatic carbocycles. The molecule has 0 aliphatic rings. The predicted octanol–water partition coefficient (Wildman–Crippen LogP) is 5.43. The van der Waals surface area contributed by atoms with E-state index < -0.39 is 0 Å². The van der Waals surface area contributed by atoms with Crippen molar-refractivity contribution in [1.82, 2.24) is 0 Å². The van der Waals surface area contributed by atoms with Gasteiger partial charge in [0.1, 0.15) is 5.75 Å². The number of hydrogen-bond acceptors (Lipinski definition) is 2. The lowest BCUT2D eigenvalue weighted by Gasteiger charge is -2.14. The molecular formula is C14H11Cl4NO. The third kappa shape index (κ3) is 2.85. The van der Waals surface area contributed by atoms with Gasteiger partial charge in [-0.2, -0.15) is 0 Å². The highest BCUT2D eigenvalue weighted by Gasteiger charge is 2.17. The van der Waals surface area contributed by atoms with Gasteiger partial charge >= 0.3 is 0 Å². The fraction of sp³-hybridized carbons (Fsp3) is 0.143. The Bertz CT molecular complexity index is 658. The maximum atomic E-state index is 6.27. The highest BCUT2D eigenvalue weighted by Crippen LogP contribution is 2.44. The van der Waals surface area contributed by atoms with Crippen LogP contribution < -0.4 is 10.5 Å². The summed E-state index contributed by atoms with van der Waals surface area (Å²) in [7, 11) is 1.59. The van der Waals surface area contributed by atoms with Gasteiger partial charge in [0.25, 0.3) is 0 Å². The molecule has 0 saturated carbocycles. The van der Waals surface area contributed by atoms with Crippen molar-refractivity contribution < 1.29 is 4.74 Å². The van der Waals surface area contributed by atoms with Crippen molar-refractivity contribution in [3.63, 3.8) is 0 Å². The summed E-state index contributed by atoms with van der Waals surface area (Å²) in [5.74, 6) is 0.710. The van der Waals surface area contributed by atoms with Gasteiger partial charge < -0.3 is 10.5 Å². The van der Waals surface area contributed by atoms with Gasteiger partial charge in [-0.05, 0) is 29.3 Å². The van der Waals surface area contributed by atoms with Gasteiger partial charge in [0.15, 0.2) is 0 Å². The van der Waals surface area contributed by atoms with Crippen molar-refractivity contribution in [2.75, 3.05) is 7.11 Å². The Balaban J connectivity index is 2.71. The minimum absolute atomic E-state index is 0.270. The highest BCUT2D eigenvalue weighted by molar-refractivity contribution is 6.51. The van der Waals surface area contributed by atoms with E-state index in [0.29, 0.717) is 32.9 Å². The van der Waals surface area contributed by atoms with Crippen LogP contribution in [0.3, 0.4) is 0 Å². The van der Waals surface area contributed by atoms with Crippen LogP contribution in [0, 0.1) is 0 Å². The molecule has 0 radical (unpaired) electrons. The topological polar surface area (TPSA) is 35.2 Å². The van der Waals surface area contributed by atoms with Gasteiger partial charge in [0.05, 0.1) is 27.2 Å². The largest absolute Gasteiger partial charge is 0.497 e. The van der Waals surface area contributed by atoms with Gasteiger partial charge in [-0.1, -0.05) is 52.5 Å². The van der Waals surface area contributed by atoms with Gasteiger partial charge in [0, 0.05) is 12.1 Å². The average Bonchev–Trinajstić information content (AvgIpc) is 2.45. The number of halogens is 4. The van der Waals surface area contributed by atoms with Crippen molar-refractivity contribution in [2.45, 2.75) is 6.54 Å². The SMILES string of the molecule is COc1ccc(-c2c(Cl)cc(Cl)c(Cl)c2Cl)c(CN)c1. The molecule has 2 aromatic rings. The molecule has 6 heteroatoms. The molecule has 0 aliphatic heterocycles. The summed E-state index contributed by atoms with van der Waals surface area (Å²) in [5, 5.41) is 1.31. The van der Waals surface area contributed by atoms with Crippen LogP contribution in [-0.4, -0.2) is 7.11 Å². The number of methoxy groups -OCH3 is 1. The van der Waals surface area contributed by atoms with Crippen LogP contribution in [0.5, 0.6) is 5.75 Å². The van der Waals surface area contributed by atoms with Crippen LogP contribution in [-0.2, 0) is 6.54 Å². The maximum absolute atomic E-state index is 6.27. The minimum atomic E-state index is 0.270. The summed E-state index contributed by atoms with van der Waals surface area (Å²) in [5.41, 5.74) is 8.06. The summed E-state index contributed by atoms with van der Waals surface area (Å²) in [6.07, 6.45) is 0. The van der Waals surface area contributed by atoms with E-state index in [1.54, 1.807) is 13.2 Å². The zero-order valence-corrected chi connectivity index (χ0v) is 13.5. The fourth-order valence-corrected chi connectivity index (χ4v) is 3.04. The molecular weight excluding hydrogens is 340 g/mol. The maximum Gasteiger partial charge on any atom is 0.119 e. The van der Waals surface area contributed by atoms with E-state index in [0.717, 1.165) is 11.1 Å². The summed E-state index contributed by atoms with van der Waals surface area (Å²) in [6.45, 7) is 0.319. The zero-order chi connectivity index (χ0) is 14.9. The smallest absolute Gasteiger partial charge is 0.119 e. The Morgan fingerprint density at radius 2 is 1.70 bits per heavy atom.